The number of nitrogens with zero attached hydrogens (tertiary/aromatic N) is 2. The molecule has 0 aromatic carbocycles. The molecule has 1 aliphatic heterocycles. The molecule has 1 aromatic heterocycles. The summed E-state index contributed by atoms with van der Waals surface area (Å²) in [5.41, 5.74) is 5.83. The van der Waals surface area contributed by atoms with E-state index >= 15 is 0 Å². The third-order valence-corrected chi connectivity index (χ3v) is 2.36. The van der Waals surface area contributed by atoms with Gasteiger partial charge in [0.25, 0.3) is 0 Å². The van der Waals surface area contributed by atoms with E-state index in [9.17, 15) is 0 Å². The van der Waals surface area contributed by atoms with Crippen LogP contribution in [0.3, 0.4) is 0 Å². The Morgan fingerprint density at radius 1 is 1.54 bits per heavy atom. The molecule has 1 aromatic rings. The lowest BCUT2D eigenvalue weighted by Crippen LogP contribution is -2.65. The lowest BCUT2D eigenvalue weighted by molar-refractivity contribution is 0.363. The topological polar surface area (TPSA) is 42.1 Å². The maximum Gasteiger partial charge on any atom is 0.128 e. The van der Waals surface area contributed by atoms with Crippen molar-refractivity contribution in [2.24, 2.45) is 5.73 Å². The van der Waals surface area contributed by atoms with E-state index in [-0.39, 0.29) is 5.54 Å². The van der Waals surface area contributed by atoms with Crippen molar-refractivity contribution in [3.05, 3.63) is 23.4 Å². The summed E-state index contributed by atoms with van der Waals surface area (Å²) in [6, 6.07) is 3.76. The van der Waals surface area contributed by atoms with Crippen molar-refractivity contribution >= 4 is 17.4 Å². The second-order valence-corrected chi connectivity index (χ2v) is 4.28. The standard InChI is InChI=1S/C9H12ClN3/c1-9(11)5-13(6-9)8-3-2-7(10)4-12-8/h2-4H,5-6,11H2,1H3. The van der Waals surface area contributed by atoms with Gasteiger partial charge in [-0.1, -0.05) is 11.6 Å². The van der Waals surface area contributed by atoms with Crippen LogP contribution in [0.25, 0.3) is 0 Å². The molecule has 0 atom stereocenters. The van der Waals surface area contributed by atoms with Gasteiger partial charge < -0.3 is 10.6 Å². The molecule has 1 saturated heterocycles. The smallest absolute Gasteiger partial charge is 0.128 e. The highest BCUT2D eigenvalue weighted by molar-refractivity contribution is 6.30. The molecular weight excluding hydrogens is 186 g/mol. The van der Waals surface area contributed by atoms with E-state index < -0.39 is 0 Å². The summed E-state index contributed by atoms with van der Waals surface area (Å²) >= 11 is 5.73. The molecule has 1 fully saturated rings. The third kappa shape index (κ3) is 1.76. The van der Waals surface area contributed by atoms with Gasteiger partial charge in [-0.25, -0.2) is 4.98 Å². The number of hydrogen-bond donors (Lipinski definition) is 1. The maximum atomic E-state index is 5.88. The molecule has 0 saturated carbocycles. The highest BCUT2D eigenvalue weighted by Gasteiger charge is 2.35. The van der Waals surface area contributed by atoms with Crippen LogP contribution in [0.2, 0.25) is 5.02 Å². The highest BCUT2D eigenvalue weighted by Crippen LogP contribution is 2.24. The molecule has 0 amide bonds. The van der Waals surface area contributed by atoms with Gasteiger partial charge in [-0.05, 0) is 19.1 Å². The molecule has 0 radical (unpaired) electrons. The van der Waals surface area contributed by atoms with E-state index in [1.807, 2.05) is 19.1 Å². The normalized spacial score (nSPS) is 19.8. The zero-order valence-electron chi connectivity index (χ0n) is 7.50. The Hall–Kier alpha value is -0.800. The Labute approximate surface area is 82.5 Å². The quantitative estimate of drug-likeness (QED) is 0.738. The minimum atomic E-state index is -0.0542. The first-order valence-electron chi connectivity index (χ1n) is 4.22. The summed E-state index contributed by atoms with van der Waals surface area (Å²) in [5.74, 6) is 0.951. The van der Waals surface area contributed by atoms with E-state index in [0.717, 1.165) is 18.9 Å². The predicted molar refractivity (Wildman–Crippen MR) is 54.1 cm³/mol. The highest BCUT2D eigenvalue weighted by atomic mass is 35.5. The zero-order valence-corrected chi connectivity index (χ0v) is 8.25. The summed E-state index contributed by atoms with van der Waals surface area (Å²) in [7, 11) is 0. The van der Waals surface area contributed by atoms with Crippen LogP contribution in [0.5, 0.6) is 0 Å². The SMILES string of the molecule is CC1(N)CN(c2ccc(Cl)cn2)C1. The summed E-state index contributed by atoms with van der Waals surface area (Å²) < 4.78 is 0. The Morgan fingerprint density at radius 2 is 2.23 bits per heavy atom. The zero-order chi connectivity index (χ0) is 9.47. The largest absolute Gasteiger partial charge is 0.353 e. The molecular formula is C9H12ClN3. The molecule has 0 aliphatic carbocycles. The first-order chi connectivity index (χ1) is 6.07. The van der Waals surface area contributed by atoms with Crippen LogP contribution in [0.15, 0.2) is 18.3 Å². The number of halogens is 1. The average Bonchev–Trinajstić information content (AvgIpc) is 2.01. The van der Waals surface area contributed by atoms with Gasteiger partial charge in [0.2, 0.25) is 0 Å². The second kappa shape index (κ2) is 2.86. The number of nitrogens with two attached hydrogens (primary N) is 1. The number of aromatic nitrogens is 1. The van der Waals surface area contributed by atoms with Crippen molar-refractivity contribution in [2.45, 2.75) is 12.5 Å². The number of anilines is 1. The van der Waals surface area contributed by atoms with Crippen LogP contribution in [0.1, 0.15) is 6.92 Å². The molecule has 0 spiro atoms. The van der Waals surface area contributed by atoms with Crippen LogP contribution in [-0.2, 0) is 0 Å². The molecule has 2 heterocycles. The Kier molecular flexibility index (Phi) is 1.93. The Morgan fingerprint density at radius 3 is 2.69 bits per heavy atom. The molecule has 13 heavy (non-hydrogen) atoms. The van der Waals surface area contributed by atoms with Gasteiger partial charge in [-0.15, -0.1) is 0 Å². The summed E-state index contributed by atoms with van der Waals surface area (Å²) in [6.07, 6.45) is 1.66. The monoisotopic (exact) mass is 197 g/mol. The van der Waals surface area contributed by atoms with E-state index in [4.69, 9.17) is 17.3 Å². The van der Waals surface area contributed by atoms with Crippen LogP contribution < -0.4 is 10.6 Å². The first-order valence-corrected chi connectivity index (χ1v) is 4.60. The Balaban J connectivity index is 2.08. The third-order valence-electron chi connectivity index (χ3n) is 2.14. The minimum absolute atomic E-state index is 0.0542. The summed E-state index contributed by atoms with van der Waals surface area (Å²) in [4.78, 5) is 6.34. The summed E-state index contributed by atoms with van der Waals surface area (Å²) in [5, 5.41) is 0.666. The van der Waals surface area contributed by atoms with Crippen LogP contribution in [-0.4, -0.2) is 23.6 Å². The van der Waals surface area contributed by atoms with Crippen molar-refractivity contribution < 1.29 is 0 Å². The van der Waals surface area contributed by atoms with Gasteiger partial charge in [-0.2, -0.15) is 0 Å². The van der Waals surface area contributed by atoms with Gasteiger partial charge in [0, 0.05) is 24.8 Å². The predicted octanol–water partition coefficient (Wildman–Crippen LogP) is 1.27. The molecule has 70 valence electrons. The molecule has 1 aliphatic rings. The van der Waals surface area contributed by atoms with Gasteiger partial charge in [0.15, 0.2) is 0 Å². The van der Waals surface area contributed by atoms with Crippen molar-refractivity contribution in [2.75, 3.05) is 18.0 Å². The summed E-state index contributed by atoms with van der Waals surface area (Å²) in [6.45, 7) is 3.77. The van der Waals surface area contributed by atoms with E-state index in [0.29, 0.717) is 5.02 Å². The van der Waals surface area contributed by atoms with Crippen LogP contribution >= 0.6 is 11.6 Å². The van der Waals surface area contributed by atoms with Crippen molar-refractivity contribution in [3.8, 4) is 0 Å². The van der Waals surface area contributed by atoms with Gasteiger partial charge in [0.1, 0.15) is 5.82 Å². The van der Waals surface area contributed by atoms with Crippen molar-refractivity contribution in [3.63, 3.8) is 0 Å². The maximum absolute atomic E-state index is 5.88. The van der Waals surface area contributed by atoms with E-state index in [1.165, 1.54) is 0 Å². The minimum Gasteiger partial charge on any atom is -0.353 e. The molecule has 2 rings (SSSR count). The lowest BCUT2D eigenvalue weighted by Gasteiger charge is -2.46. The van der Waals surface area contributed by atoms with Gasteiger partial charge in [0.05, 0.1) is 5.02 Å². The van der Waals surface area contributed by atoms with Crippen LogP contribution in [0.4, 0.5) is 5.82 Å². The van der Waals surface area contributed by atoms with Gasteiger partial charge >= 0.3 is 0 Å². The molecule has 2 N–H and O–H groups in total. The fraction of sp³-hybridized carbons (Fsp3) is 0.444. The fourth-order valence-electron chi connectivity index (χ4n) is 1.54. The Bertz CT molecular complexity index is 299. The molecule has 0 bridgehead atoms. The average molecular weight is 198 g/mol. The molecule has 4 heteroatoms. The lowest BCUT2D eigenvalue weighted by atomic mass is 9.94. The number of rotatable bonds is 1. The van der Waals surface area contributed by atoms with E-state index in [2.05, 4.69) is 9.88 Å². The number of hydrogen-bond acceptors (Lipinski definition) is 3. The molecule has 0 unspecified atom stereocenters. The van der Waals surface area contributed by atoms with Crippen molar-refractivity contribution in [1.29, 1.82) is 0 Å². The molecule has 3 nitrogen and oxygen atoms in total. The van der Waals surface area contributed by atoms with Crippen molar-refractivity contribution in [1.82, 2.24) is 4.98 Å². The van der Waals surface area contributed by atoms with E-state index in [1.54, 1.807) is 6.20 Å². The first kappa shape index (κ1) is 8.78. The number of pyridine rings is 1. The fourth-order valence-corrected chi connectivity index (χ4v) is 1.65. The van der Waals surface area contributed by atoms with Crippen LogP contribution in [0, 0.1) is 0 Å². The van der Waals surface area contributed by atoms with Gasteiger partial charge in [-0.3, -0.25) is 0 Å². The second-order valence-electron chi connectivity index (χ2n) is 3.84.